The predicted molar refractivity (Wildman–Crippen MR) is 82.1 cm³/mol. The summed E-state index contributed by atoms with van der Waals surface area (Å²) in [5, 5.41) is 2.84. The summed E-state index contributed by atoms with van der Waals surface area (Å²) in [5.74, 6) is 0.267. The molecule has 5 heteroatoms. The fourth-order valence-electron chi connectivity index (χ4n) is 1.76. The van der Waals surface area contributed by atoms with Gasteiger partial charge in [0, 0.05) is 12.1 Å². The third kappa shape index (κ3) is 6.79. The van der Waals surface area contributed by atoms with Crippen molar-refractivity contribution in [1.29, 1.82) is 0 Å². The normalized spacial score (nSPS) is 10.9. The van der Waals surface area contributed by atoms with E-state index in [0.717, 1.165) is 0 Å². The smallest absolute Gasteiger partial charge is 0.260 e. The number of nitrogens with zero attached hydrogens (tertiary/aromatic N) is 1. The van der Waals surface area contributed by atoms with Crippen LogP contribution >= 0.6 is 0 Å². The number of hydrogen-bond donors (Lipinski definition) is 1. The predicted octanol–water partition coefficient (Wildman–Crippen LogP) is 1.83. The number of amides is 2. The lowest BCUT2D eigenvalue weighted by molar-refractivity contribution is -0.137. The van der Waals surface area contributed by atoms with E-state index in [1.54, 1.807) is 12.1 Å². The van der Waals surface area contributed by atoms with E-state index in [9.17, 15) is 9.59 Å². The van der Waals surface area contributed by atoms with Gasteiger partial charge in [0.05, 0.1) is 6.54 Å². The minimum atomic E-state index is -0.305. The Labute approximate surface area is 126 Å². The second-order valence-electron chi connectivity index (χ2n) is 5.81. The average molecular weight is 292 g/mol. The maximum atomic E-state index is 12.1. The van der Waals surface area contributed by atoms with Gasteiger partial charge in [-0.15, -0.1) is 0 Å². The van der Waals surface area contributed by atoms with Crippen LogP contribution in [0.25, 0.3) is 0 Å². The number of para-hydroxylation sites is 1. The van der Waals surface area contributed by atoms with Crippen molar-refractivity contribution in [1.82, 2.24) is 10.2 Å². The molecule has 0 aliphatic carbocycles. The van der Waals surface area contributed by atoms with Crippen LogP contribution in [-0.4, -0.2) is 41.9 Å². The first-order chi connectivity index (χ1) is 9.81. The molecule has 0 aromatic heterocycles. The van der Waals surface area contributed by atoms with Crippen LogP contribution in [0.1, 0.15) is 27.7 Å². The number of carbonyl (C=O) groups is 2. The monoisotopic (exact) mass is 292 g/mol. The van der Waals surface area contributed by atoms with Crippen molar-refractivity contribution in [3.63, 3.8) is 0 Å². The molecule has 0 aliphatic heterocycles. The summed E-state index contributed by atoms with van der Waals surface area (Å²) in [6.07, 6.45) is 0. The van der Waals surface area contributed by atoms with Gasteiger partial charge in [-0.05, 0) is 39.8 Å². The summed E-state index contributed by atoms with van der Waals surface area (Å²) in [5.41, 5.74) is -0.305. The molecule has 0 fully saturated rings. The van der Waals surface area contributed by atoms with E-state index in [1.165, 1.54) is 4.90 Å². The molecule has 0 heterocycles. The molecule has 21 heavy (non-hydrogen) atoms. The molecule has 0 saturated carbocycles. The Kier molecular flexibility index (Phi) is 6.21. The van der Waals surface area contributed by atoms with Crippen LogP contribution in [0, 0.1) is 0 Å². The third-order valence-electron chi connectivity index (χ3n) is 2.69. The van der Waals surface area contributed by atoms with Gasteiger partial charge >= 0.3 is 0 Å². The molecule has 1 aromatic carbocycles. The maximum absolute atomic E-state index is 12.1. The fourth-order valence-corrected chi connectivity index (χ4v) is 1.76. The summed E-state index contributed by atoms with van der Waals surface area (Å²) in [6.45, 7) is 8.00. The average Bonchev–Trinajstić information content (AvgIpc) is 2.41. The number of ether oxygens (including phenoxy) is 1. The Morgan fingerprint density at radius 1 is 1.19 bits per heavy atom. The van der Waals surface area contributed by atoms with Gasteiger partial charge < -0.3 is 15.0 Å². The van der Waals surface area contributed by atoms with Gasteiger partial charge in [0.2, 0.25) is 5.91 Å². The van der Waals surface area contributed by atoms with Gasteiger partial charge in [-0.25, -0.2) is 0 Å². The molecule has 0 atom stereocenters. The van der Waals surface area contributed by atoms with Crippen LogP contribution in [-0.2, 0) is 9.59 Å². The minimum Gasteiger partial charge on any atom is -0.484 e. The van der Waals surface area contributed by atoms with E-state index in [1.807, 2.05) is 45.9 Å². The Hall–Kier alpha value is -2.04. The number of benzene rings is 1. The quantitative estimate of drug-likeness (QED) is 0.870. The van der Waals surface area contributed by atoms with Gasteiger partial charge in [0.1, 0.15) is 5.75 Å². The summed E-state index contributed by atoms with van der Waals surface area (Å²) < 4.78 is 5.41. The number of likely N-dealkylation sites (N-methyl/N-ethyl adjacent to an activating group) is 1. The SMILES string of the molecule is CCN(CC(=O)NC(C)(C)C)C(=O)COc1ccccc1. The molecule has 0 spiro atoms. The van der Waals surface area contributed by atoms with Gasteiger partial charge in [0.25, 0.3) is 5.91 Å². The van der Waals surface area contributed by atoms with Crippen LogP contribution < -0.4 is 10.1 Å². The van der Waals surface area contributed by atoms with Crippen molar-refractivity contribution in [3.8, 4) is 5.75 Å². The van der Waals surface area contributed by atoms with E-state index < -0.39 is 0 Å². The zero-order chi connectivity index (χ0) is 15.9. The molecule has 0 aliphatic rings. The van der Waals surface area contributed by atoms with E-state index >= 15 is 0 Å². The summed E-state index contributed by atoms with van der Waals surface area (Å²) in [6, 6.07) is 9.14. The summed E-state index contributed by atoms with van der Waals surface area (Å²) in [4.78, 5) is 25.4. The third-order valence-corrected chi connectivity index (χ3v) is 2.69. The standard InChI is InChI=1S/C16H24N2O3/c1-5-18(11-14(19)17-16(2,3)4)15(20)12-21-13-9-7-6-8-10-13/h6-10H,5,11-12H2,1-4H3,(H,17,19). The van der Waals surface area contributed by atoms with E-state index in [2.05, 4.69) is 5.32 Å². The highest BCUT2D eigenvalue weighted by Gasteiger charge is 2.19. The van der Waals surface area contributed by atoms with Crippen molar-refractivity contribution in [2.75, 3.05) is 19.7 Å². The largest absolute Gasteiger partial charge is 0.484 e. The van der Waals surface area contributed by atoms with Gasteiger partial charge in [-0.2, -0.15) is 0 Å². The molecule has 116 valence electrons. The van der Waals surface area contributed by atoms with E-state index in [4.69, 9.17) is 4.74 Å². The highest BCUT2D eigenvalue weighted by Crippen LogP contribution is 2.08. The first kappa shape index (κ1) is 17.0. The lowest BCUT2D eigenvalue weighted by atomic mass is 10.1. The fraction of sp³-hybridized carbons (Fsp3) is 0.500. The first-order valence-corrected chi connectivity index (χ1v) is 7.08. The Morgan fingerprint density at radius 2 is 1.81 bits per heavy atom. The topological polar surface area (TPSA) is 58.6 Å². The highest BCUT2D eigenvalue weighted by molar-refractivity contribution is 5.85. The van der Waals surface area contributed by atoms with Crippen molar-refractivity contribution >= 4 is 11.8 Å². The van der Waals surface area contributed by atoms with Crippen LogP contribution in [0.2, 0.25) is 0 Å². The van der Waals surface area contributed by atoms with Crippen LogP contribution in [0.4, 0.5) is 0 Å². The maximum Gasteiger partial charge on any atom is 0.260 e. The van der Waals surface area contributed by atoms with Gasteiger partial charge in [-0.3, -0.25) is 9.59 Å². The molecule has 5 nitrogen and oxygen atoms in total. The molecular weight excluding hydrogens is 268 g/mol. The second kappa shape index (κ2) is 7.67. The lowest BCUT2D eigenvalue weighted by Crippen LogP contribution is -2.48. The van der Waals surface area contributed by atoms with E-state index in [0.29, 0.717) is 12.3 Å². The Bertz CT molecular complexity index is 466. The molecule has 0 unspecified atom stereocenters. The molecule has 0 saturated heterocycles. The number of carbonyl (C=O) groups excluding carboxylic acids is 2. The van der Waals surface area contributed by atoms with Gasteiger partial charge in [-0.1, -0.05) is 18.2 Å². The molecule has 1 aromatic rings. The van der Waals surface area contributed by atoms with E-state index in [-0.39, 0.29) is 30.5 Å². The first-order valence-electron chi connectivity index (χ1n) is 7.08. The molecule has 1 N–H and O–H groups in total. The molecule has 2 amide bonds. The Morgan fingerprint density at radius 3 is 2.33 bits per heavy atom. The number of rotatable bonds is 6. The van der Waals surface area contributed by atoms with Crippen LogP contribution in [0.3, 0.4) is 0 Å². The number of hydrogen-bond acceptors (Lipinski definition) is 3. The van der Waals surface area contributed by atoms with Crippen LogP contribution in [0.15, 0.2) is 30.3 Å². The van der Waals surface area contributed by atoms with Crippen molar-refractivity contribution in [2.45, 2.75) is 33.2 Å². The summed E-state index contributed by atoms with van der Waals surface area (Å²) in [7, 11) is 0. The number of nitrogens with one attached hydrogen (secondary N) is 1. The van der Waals surface area contributed by atoms with Crippen molar-refractivity contribution in [3.05, 3.63) is 30.3 Å². The second-order valence-corrected chi connectivity index (χ2v) is 5.81. The minimum absolute atomic E-state index is 0.0464. The highest BCUT2D eigenvalue weighted by atomic mass is 16.5. The van der Waals surface area contributed by atoms with Crippen molar-refractivity contribution in [2.24, 2.45) is 0 Å². The zero-order valence-electron chi connectivity index (χ0n) is 13.2. The summed E-state index contributed by atoms with van der Waals surface area (Å²) >= 11 is 0. The van der Waals surface area contributed by atoms with Crippen LogP contribution in [0.5, 0.6) is 5.75 Å². The molecule has 1 rings (SSSR count). The van der Waals surface area contributed by atoms with Gasteiger partial charge in [0.15, 0.2) is 6.61 Å². The molecular formula is C16H24N2O3. The Balaban J connectivity index is 2.48. The van der Waals surface area contributed by atoms with Crippen molar-refractivity contribution < 1.29 is 14.3 Å². The lowest BCUT2D eigenvalue weighted by Gasteiger charge is -2.25. The zero-order valence-corrected chi connectivity index (χ0v) is 13.2. The molecule has 0 radical (unpaired) electrons. The molecule has 0 bridgehead atoms.